The van der Waals surface area contributed by atoms with Crippen LogP contribution in [0.1, 0.15) is 10.5 Å². The number of carbonyl (C=O) groups is 1. The Balaban J connectivity index is 1.64. The predicted octanol–water partition coefficient (Wildman–Crippen LogP) is 2.28. The molecule has 6 heteroatoms. The Morgan fingerprint density at radius 3 is 2.55 bits per heavy atom. The van der Waals surface area contributed by atoms with E-state index in [0.29, 0.717) is 24.5 Å². The van der Waals surface area contributed by atoms with Crippen molar-refractivity contribution < 1.29 is 4.79 Å². The molecule has 1 fully saturated rings. The molecule has 1 amide bonds. The standard InChI is InChI=1S/C16H17ClN4O/c17-12-2-1-3-14(10-12)20-6-8-21(9-7-20)16(22)15-5-4-13(18)11-19-15/h1-5,10-11H,6-9,18H2. The molecule has 2 N–H and O–H groups in total. The molecule has 3 rings (SSSR count). The molecule has 1 aliphatic heterocycles. The number of halogens is 1. The molecule has 114 valence electrons. The number of nitrogen functional groups attached to an aromatic ring is 1. The van der Waals surface area contributed by atoms with Crippen molar-refractivity contribution in [3.63, 3.8) is 0 Å². The molecule has 0 atom stereocenters. The lowest BCUT2D eigenvalue weighted by Crippen LogP contribution is -2.49. The molecule has 1 aliphatic rings. The first-order valence-corrected chi connectivity index (χ1v) is 7.52. The first-order valence-electron chi connectivity index (χ1n) is 7.15. The quantitative estimate of drug-likeness (QED) is 0.923. The Morgan fingerprint density at radius 1 is 1.14 bits per heavy atom. The second-order valence-corrected chi connectivity index (χ2v) is 5.67. The zero-order chi connectivity index (χ0) is 15.5. The topological polar surface area (TPSA) is 62.5 Å². The number of anilines is 2. The van der Waals surface area contributed by atoms with Crippen molar-refractivity contribution in [2.75, 3.05) is 36.8 Å². The minimum Gasteiger partial charge on any atom is -0.397 e. The fraction of sp³-hybridized carbons (Fsp3) is 0.250. The normalized spacial score (nSPS) is 15.0. The van der Waals surface area contributed by atoms with E-state index in [1.165, 1.54) is 6.20 Å². The fourth-order valence-corrected chi connectivity index (χ4v) is 2.72. The average molecular weight is 317 g/mol. The van der Waals surface area contributed by atoms with Gasteiger partial charge in [0, 0.05) is 36.9 Å². The van der Waals surface area contributed by atoms with Gasteiger partial charge in [-0.05, 0) is 30.3 Å². The summed E-state index contributed by atoms with van der Waals surface area (Å²) >= 11 is 6.03. The maximum atomic E-state index is 12.4. The third-order valence-electron chi connectivity index (χ3n) is 3.75. The molecule has 1 saturated heterocycles. The number of hydrogen-bond acceptors (Lipinski definition) is 4. The molecule has 5 nitrogen and oxygen atoms in total. The minimum absolute atomic E-state index is 0.0502. The van der Waals surface area contributed by atoms with Crippen LogP contribution >= 0.6 is 11.6 Å². The van der Waals surface area contributed by atoms with Crippen molar-refractivity contribution in [2.24, 2.45) is 0 Å². The first-order chi connectivity index (χ1) is 10.6. The van der Waals surface area contributed by atoms with Crippen molar-refractivity contribution >= 4 is 28.9 Å². The van der Waals surface area contributed by atoms with Gasteiger partial charge in [-0.3, -0.25) is 4.79 Å². The van der Waals surface area contributed by atoms with Gasteiger partial charge in [-0.15, -0.1) is 0 Å². The molecular weight excluding hydrogens is 300 g/mol. The number of pyridine rings is 1. The van der Waals surface area contributed by atoms with E-state index >= 15 is 0 Å². The van der Waals surface area contributed by atoms with Crippen LogP contribution in [0.2, 0.25) is 5.02 Å². The van der Waals surface area contributed by atoms with Crippen molar-refractivity contribution in [1.82, 2.24) is 9.88 Å². The smallest absolute Gasteiger partial charge is 0.272 e. The monoisotopic (exact) mass is 316 g/mol. The third-order valence-corrected chi connectivity index (χ3v) is 3.98. The molecule has 0 radical (unpaired) electrons. The molecular formula is C16H17ClN4O. The lowest BCUT2D eigenvalue weighted by Gasteiger charge is -2.36. The summed E-state index contributed by atoms with van der Waals surface area (Å²) in [6.45, 7) is 2.89. The first kappa shape index (κ1) is 14.7. The largest absolute Gasteiger partial charge is 0.397 e. The number of nitrogens with zero attached hydrogens (tertiary/aromatic N) is 3. The van der Waals surface area contributed by atoms with E-state index in [4.69, 9.17) is 17.3 Å². The molecule has 0 spiro atoms. The molecule has 0 saturated carbocycles. The lowest BCUT2D eigenvalue weighted by molar-refractivity contribution is 0.0741. The van der Waals surface area contributed by atoms with Crippen molar-refractivity contribution in [3.05, 3.63) is 53.3 Å². The van der Waals surface area contributed by atoms with Crippen LogP contribution in [0, 0.1) is 0 Å². The number of piperazine rings is 1. The van der Waals surface area contributed by atoms with Gasteiger partial charge < -0.3 is 15.5 Å². The van der Waals surface area contributed by atoms with Gasteiger partial charge in [0.05, 0.1) is 11.9 Å². The SMILES string of the molecule is Nc1ccc(C(=O)N2CCN(c3cccc(Cl)c3)CC2)nc1. The van der Waals surface area contributed by atoms with Crippen molar-refractivity contribution in [3.8, 4) is 0 Å². The van der Waals surface area contributed by atoms with Gasteiger partial charge in [-0.2, -0.15) is 0 Å². The third kappa shape index (κ3) is 3.14. The number of benzene rings is 1. The fourth-order valence-electron chi connectivity index (χ4n) is 2.53. The molecule has 22 heavy (non-hydrogen) atoms. The molecule has 1 aromatic heterocycles. The van der Waals surface area contributed by atoms with Crippen LogP contribution in [0.25, 0.3) is 0 Å². The van der Waals surface area contributed by atoms with E-state index in [9.17, 15) is 4.79 Å². The highest BCUT2D eigenvalue weighted by Crippen LogP contribution is 2.21. The maximum Gasteiger partial charge on any atom is 0.272 e. The zero-order valence-electron chi connectivity index (χ0n) is 12.1. The van der Waals surface area contributed by atoms with E-state index in [-0.39, 0.29) is 5.91 Å². The van der Waals surface area contributed by atoms with Gasteiger partial charge in [0.15, 0.2) is 0 Å². The Kier molecular flexibility index (Phi) is 4.15. The maximum absolute atomic E-state index is 12.4. The molecule has 2 heterocycles. The number of amides is 1. The van der Waals surface area contributed by atoms with Gasteiger partial charge in [-0.1, -0.05) is 17.7 Å². The van der Waals surface area contributed by atoms with Crippen LogP contribution in [0.5, 0.6) is 0 Å². The van der Waals surface area contributed by atoms with Crippen molar-refractivity contribution in [2.45, 2.75) is 0 Å². The van der Waals surface area contributed by atoms with E-state index in [1.807, 2.05) is 29.2 Å². The molecule has 0 bridgehead atoms. The van der Waals surface area contributed by atoms with Gasteiger partial charge in [0.1, 0.15) is 5.69 Å². The zero-order valence-corrected chi connectivity index (χ0v) is 12.8. The van der Waals surface area contributed by atoms with Crippen LogP contribution in [0.15, 0.2) is 42.6 Å². The van der Waals surface area contributed by atoms with Gasteiger partial charge in [0.2, 0.25) is 0 Å². The lowest BCUT2D eigenvalue weighted by atomic mass is 10.2. The molecule has 1 aromatic carbocycles. The highest BCUT2D eigenvalue weighted by atomic mass is 35.5. The van der Waals surface area contributed by atoms with E-state index in [2.05, 4.69) is 9.88 Å². The van der Waals surface area contributed by atoms with Crippen LogP contribution < -0.4 is 10.6 Å². The Morgan fingerprint density at radius 2 is 1.91 bits per heavy atom. The summed E-state index contributed by atoms with van der Waals surface area (Å²) in [5.74, 6) is -0.0502. The highest BCUT2D eigenvalue weighted by Gasteiger charge is 2.23. The summed E-state index contributed by atoms with van der Waals surface area (Å²) in [4.78, 5) is 20.5. The number of nitrogens with two attached hydrogens (primary N) is 1. The number of aromatic nitrogens is 1. The van der Waals surface area contributed by atoms with Gasteiger partial charge in [0.25, 0.3) is 5.91 Å². The summed E-state index contributed by atoms with van der Waals surface area (Å²) in [5, 5.41) is 0.724. The number of rotatable bonds is 2. The van der Waals surface area contributed by atoms with Crippen molar-refractivity contribution in [1.29, 1.82) is 0 Å². The van der Waals surface area contributed by atoms with Crippen LogP contribution in [-0.4, -0.2) is 42.0 Å². The van der Waals surface area contributed by atoms with Crippen LogP contribution in [-0.2, 0) is 0 Å². The summed E-state index contributed by atoms with van der Waals surface area (Å²) < 4.78 is 0. The Hall–Kier alpha value is -2.27. The highest BCUT2D eigenvalue weighted by molar-refractivity contribution is 6.30. The van der Waals surface area contributed by atoms with Gasteiger partial charge >= 0.3 is 0 Å². The second kappa shape index (κ2) is 6.23. The minimum atomic E-state index is -0.0502. The average Bonchev–Trinajstić information content (AvgIpc) is 2.55. The Bertz CT molecular complexity index is 666. The van der Waals surface area contributed by atoms with E-state index in [1.54, 1.807) is 12.1 Å². The summed E-state index contributed by atoms with van der Waals surface area (Å²) in [6, 6.07) is 11.1. The van der Waals surface area contributed by atoms with E-state index in [0.717, 1.165) is 23.8 Å². The second-order valence-electron chi connectivity index (χ2n) is 5.24. The molecule has 0 aliphatic carbocycles. The van der Waals surface area contributed by atoms with Crippen LogP contribution in [0.3, 0.4) is 0 Å². The number of hydrogen-bond donors (Lipinski definition) is 1. The van der Waals surface area contributed by atoms with Crippen LogP contribution in [0.4, 0.5) is 11.4 Å². The summed E-state index contributed by atoms with van der Waals surface area (Å²) in [7, 11) is 0. The number of carbonyl (C=O) groups excluding carboxylic acids is 1. The summed E-state index contributed by atoms with van der Waals surface area (Å²) in [5.41, 5.74) is 7.68. The molecule has 0 unspecified atom stereocenters. The van der Waals surface area contributed by atoms with Gasteiger partial charge in [-0.25, -0.2) is 4.98 Å². The predicted molar refractivity (Wildman–Crippen MR) is 88.2 cm³/mol. The Labute approximate surface area is 134 Å². The van der Waals surface area contributed by atoms with E-state index < -0.39 is 0 Å². The molecule has 2 aromatic rings. The summed E-state index contributed by atoms with van der Waals surface area (Å²) in [6.07, 6.45) is 1.51.